The third-order valence-electron chi connectivity index (χ3n) is 8.16. The van der Waals surface area contributed by atoms with Crippen LogP contribution in [0.2, 0.25) is 0 Å². The van der Waals surface area contributed by atoms with Gasteiger partial charge in [-0.05, 0) is 56.0 Å². The number of Topliss-reactive ketones (excluding diaryl/α,β-unsaturated/α-hetero) is 1. The molecule has 39 heavy (non-hydrogen) atoms. The topological polar surface area (TPSA) is 135 Å². The number of nitro benzene ring substituents is 1. The summed E-state index contributed by atoms with van der Waals surface area (Å²) in [6, 6.07) is 10.2. The fraction of sp³-hybridized carbons (Fsp3) is 0.241. The molecule has 1 heterocycles. The standard InChI is InChI=1S/C29H21BrN2O7/c1-13-9-23(34)26-21(27(13)35)12-19-17(24(26)20-10-14(30)5-8-22(20)33)6-7-18-25(19)29(37)31(28(18)36)15-3-2-4-16(11-15)32(38)39/h2-6,8-11,18-19,24-25,33H,7,12H2,1H3/t18-,19+,24+,25-/m0/s1. The first-order valence-corrected chi connectivity index (χ1v) is 13.2. The van der Waals surface area contributed by atoms with Gasteiger partial charge in [0.1, 0.15) is 5.75 Å². The van der Waals surface area contributed by atoms with Gasteiger partial charge >= 0.3 is 0 Å². The van der Waals surface area contributed by atoms with E-state index in [9.17, 15) is 34.4 Å². The summed E-state index contributed by atoms with van der Waals surface area (Å²) in [5.41, 5.74) is 1.88. The molecule has 10 heteroatoms. The Bertz CT molecular complexity index is 1640. The molecule has 0 unspecified atom stereocenters. The maximum absolute atomic E-state index is 13.9. The fourth-order valence-electron chi connectivity index (χ4n) is 6.49. The molecule has 0 saturated carbocycles. The van der Waals surface area contributed by atoms with Crippen molar-refractivity contribution in [2.45, 2.75) is 25.7 Å². The SMILES string of the molecule is CC1=CC(=O)C2=C(C[C@@H]3C(=CC[C@@H]4C(=O)N(c5cccc([N+](=O)[O-])c5)C(=O)[C@@H]43)[C@@H]2c2cc(Br)ccc2O)C1=O. The Hall–Kier alpha value is -4.18. The predicted octanol–water partition coefficient (Wildman–Crippen LogP) is 4.70. The van der Waals surface area contributed by atoms with E-state index in [0.717, 1.165) is 4.90 Å². The van der Waals surface area contributed by atoms with Crippen LogP contribution in [0, 0.1) is 27.9 Å². The number of carbonyl (C=O) groups is 4. The second-order valence-corrected chi connectivity index (χ2v) is 11.1. The van der Waals surface area contributed by atoms with E-state index >= 15 is 0 Å². The van der Waals surface area contributed by atoms with Crippen LogP contribution in [-0.2, 0) is 19.2 Å². The third-order valence-corrected chi connectivity index (χ3v) is 8.65. The molecule has 1 fully saturated rings. The number of ketones is 2. The summed E-state index contributed by atoms with van der Waals surface area (Å²) in [6.07, 6.45) is 3.48. The Morgan fingerprint density at radius 3 is 2.56 bits per heavy atom. The number of anilines is 1. The number of nitro groups is 1. The van der Waals surface area contributed by atoms with Crippen molar-refractivity contribution in [3.05, 3.63) is 97.1 Å². The van der Waals surface area contributed by atoms with Crippen molar-refractivity contribution in [1.29, 1.82) is 0 Å². The number of allylic oxidation sites excluding steroid dienone is 6. The predicted molar refractivity (Wildman–Crippen MR) is 143 cm³/mol. The van der Waals surface area contributed by atoms with Crippen LogP contribution in [0.3, 0.4) is 0 Å². The Morgan fingerprint density at radius 1 is 1.05 bits per heavy atom. The molecule has 2 aromatic rings. The highest BCUT2D eigenvalue weighted by atomic mass is 79.9. The number of amides is 2. The van der Waals surface area contributed by atoms with Crippen molar-refractivity contribution in [2.24, 2.45) is 17.8 Å². The Kier molecular flexibility index (Phi) is 5.76. The number of halogens is 1. The molecule has 4 atom stereocenters. The van der Waals surface area contributed by atoms with Gasteiger partial charge in [-0.1, -0.05) is 33.6 Å². The summed E-state index contributed by atoms with van der Waals surface area (Å²) in [7, 11) is 0. The molecule has 0 radical (unpaired) electrons. The first-order valence-electron chi connectivity index (χ1n) is 12.4. The van der Waals surface area contributed by atoms with Crippen molar-refractivity contribution in [2.75, 3.05) is 4.90 Å². The number of nitrogens with zero attached hydrogens (tertiary/aromatic N) is 2. The van der Waals surface area contributed by atoms with Gasteiger partial charge in [0.05, 0.1) is 22.4 Å². The number of phenols is 1. The summed E-state index contributed by atoms with van der Waals surface area (Å²) in [5.74, 6) is -4.50. The second kappa shape index (κ2) is 8.94. The second-order valence-electron chi connectivity index (χ2n) is 10.2. The molecule has 4 aliphatic rings. The zero-order valence-electron chi connectivity index (χ0n) is 20.6. The van der Waals surface area contributed by atoms with Crippen molar-refractivity contribution in [3.63, 3.8) is 0 Å². The number of hydrogen-bond acceptors (Lipinski definition) is 7. The lowest BCUT2D eigenvalue weighted by atomic mass is 9.59. The molecular weight excluding hydrogens is 568 g/mol. The van der Waals surface area contributed by atoms with Crippen LogP contribution in [0.1, 0.15) is 31.2 Å². The van der Waals surface area contributed by atoms with Crippen LogP contribution >= 0.6 is 15.9 Å². The highest BCUT2D eigenvalue weighted by Gasteiger charge is 2.57. The molecule has 0 spiro atoms. The van der Waals surface area contributed by atoms with E-state index in [1.165, 1.54) is 36.4 Å². The van der Waals surface area contributed by atoms with Gasteiger partial charge in [0.2, 0.25) is 11.8 Å². The maximum atomic E-state index is 13.9. The van der Waals surface area contributed by atoms with Gasteiger partial charge in [0, 0.05) is 44.8 Å². The molecule has 2 aromatic carbocycles. The molecule has 1 aliphatic heterocycles. The zero-order valence-corrected chi connectivity index (χ0v) is 22.2. The molecular formula is C29H21BrN2O7. The molecule has 1 N–H and O–H groups in total. The smallest absolute Gasteiger partial charge is 0.271 e. The summed E-state index contributed by atoms with van der Waals surface area (Å²) >= 11 is 3.42. The first-order chi connectivity index (χ1) is 18.6. The van der Waals surface area contributed by atoms with E-state index in [2.05, 4.69) is 15.9 Å². The van der Waals surface area contributed by atoms with Crippen LogP contribution in [0.5, 0.6) is 5.75 Å². The first kappa shape index (κ1) is 25.1. The van der Waals surface area contributed by atoms with Crippen LogP contribution in [0.4, 0.5) is 11.4 Å². The molecule has 196 valence electrons. The fourth-order valence-corrected chi connectivity index (χ4v) is 6.87. The van der Waals surface area contributed by atoms with Crippen LogP contribution in [-0.4, -0.2) is 33.4 Å². The number of phenolic OH excluding ortho intramolecular Hbond substituents is 1. The number of aromatic hydroxyl groups is 1. The normalized spacial score (nSPS) is 26.2. The van der Waals surface area contributed by atoms with Gasteiger partial charge in [-0.25, -0.2) is 4.90 Å². The molecule has 0 bridgehead atoms. The minimum atomic E-state index is -0.822. The molecule has 1 saturated heterocycles. The van der Waals surface area contributed by atoms with Gasteiger partial charge in [-0.3, -0.25) is 29.3 Å². The monoisotopic (exact) mass is 588 g/mol. The van der Waals surface area contributed by atoms with Gasteiger partial charge < -0.3 is 5.11 Å². The van der Waals surface area contributed by atoms with E-state index < -0.39 is 40.4 Å². The van der Waals surface area contributed by atoms with Crippen molar-refractivity contribution >= 4 is 50.7 Å². The summed E-state index contributed by atoms with van der Waals surface area (Å²) in [5, 5.41) is 22.2. The van der Waals surface area contributed by atoms with Gasteiger partial charge in [-0.2, -0.15) is 0 Å². The average Bonchev–Trinajstić information content (AvgIpc) is 3.17. The molecule has 9 nitrogen and oxygen atoms in total. The van der Waals surface area contributed by atoms with Crippen molar-refractivity contribution in [1.82, 2.24) is 0 Å². The summed E-state index contributed by atoms with van der Waals surface area (Å²) in [6.45, 7) is 1.57. The number of benzene rings is 2. The van der Waals surface area contributed by atoms with Gasteiger partial charge in [0.25, 0.3) is 5.69 Å². The highest BCUT2D eigenvalue weighted by Crippen LogP contribution is 2.56. The minimum absolute atomic E-state index is 0.0581. The number of carbonyl (C=O) groups excluding carboxylic acids is 4. The lowest BCUT2D eigenvalue weighted by molar-refractivity contribution is -0.384. The van der Waals surface area contributed by atoms with Gasteiger partial charge in [-0.15, -0.1) is 0 Å². The highest BCUT2D eigenvalue weighted by molar-refractivity contribution is 9.10. The quantitative estimate of drug-likeness (QED) is 0.180. The number of imide groups is 1. The maximum Gasteiger partial charge on any atom is 0.271 e. The van der Waals surface area contributed by atoms with Crippen molar-refractivity contribution < 1.29 is 29.2 Å². The summed E-state index contributed by atoms with van der Waals surface area (Å²) < 4.78 is 0.666. The number of hydrogen-bond donors (Lipinski definition) is 1. The van der Waals surface area contributed by atoms with E-state index in [4.69, 9.17) is 0 Å². The Balaban J connectivity index is 1.49. The van der Waals surface area contributed by atoms with E-state index in [0.29, 0.717) is 26.8 Å². The van der Waals surface area contributed by atoms with Crippen molar-refractivity contribution in [3.8, 4) is 5.75 Å². The minimum Gasteiger partial charge on any atom is -0.508 e. The molecule has 3 aliphatic carbocycles. The summed E-state index contributed by atoms with van der Waals surface area (Å²) in [4.78, 5) is 65.8. The average molecular weight is 589 g/mol. The van der Waals surface area contributed by atoms with Crippen LogP contribution in [0.25, 0.3) is 0 Å². The lowest BCUT2D eigenvalue weighted by Gasteiger charge is -2.42. The molecule has 2 amide bonds. The number of rotatable bonds is 3. The number of fused-ring (bicyclic) bond motifs is 3. The van der Waals surface area contributed by atoms with Crippen LogP contribution in [0.15, 0.2) is 81.4 Å². The third kappa shape index (κ3) is 3.73. The van der Waals surface area contributed by atoms with E-state index in [1.807, 2.05) is 6.08 Å². The lowest BCUT2D eigenvalue weighted by Crippen LogP contribution is -2.39. The van der Waals surface area contributed by atoms with E-state index in [-0.39, 0.29) is 47.1 Å². The van der Waals surface area contributed by atoms with Crippen LogP contribution < -0.4 is 4.90 Å². The Morgan fingerprint density at radius 2 is 1.82 bits per heavy atom. The zero-order chi connectivity index (χ0) is 27.7. The van der Waals surface area contributed by atoms with E-state index in [1.54, 1.807) is 19.1 Å². The molecule has 6 rings (SSSR count). The Labute approximate surface area is 230 Å². The number of non-ortho nitro benzene ring substituents is 1. The largest absolute Gasteiger partial charge is 0.508 e. The molecule has 0 aromatic heterocycles. The van der Waals surface area contributed by atoms with Gasteiger partial charge in [0.15, 0.2) is 11.6 Å².